The van der Waals surface area contributed by atoms with E-state index in [0.29, 0.717) is 0 Å². The number of aliphatic hydroxyl groups is 1. The zero-order valence-electron chi connectivity index (χ0n) is 9.88. The lowest BCUT2D eigenvalue weighted by atomic mass is 9.90. The van der Waals surface area contributed by atoms with Crippen LogP contribution in [0, 0.1) is 19.3 Å². The Morgan fingerprint density at radius 2 is 1.73 bits per heavy atom. The van der Waals surface area contributed by atoms with Crippen molar-refractivity contribution in [2.75, 3.05) is 0 Å². The van der Waals surface area contributed by atoms with E-state index in [1.165, 1.54) is 29.5 Å². The van der Waals surface area contributed by atoms with Crippen molar-refractivity contribution in [3.63, 3.8) is 0 Å². The summed E-state index contributed by atoms with van der Waals surface area (Å²) in [6.45, 7) is 6.20. The SMILES string of the molecule is Cc1cc(C)cc(CC2(C(C)O)CC2)c1. The summed E-state index contributed by atoms with van der Waals surface area (Å²) in [4.78, 5) is 0. The molecule has 1 atom stereocenters. The van der Waals surface area contributed by atoms with Gasteiger partial charge in [0.05, 0.1) is 6.10 Å². The fourth-order valence-electron chi connectivity index (χ4n) is 2.48. The summed E-state index contributed by atoms with van der Waals surface area (Å²) in [6.07, 6.45) is 3.22. The largest absolute Gasteiger partial charge is 0.393 e. The van der Waals surface area contributed by atoms with Crippen LogP contribution in [0.1, 0.15) is 36.5 Å². The molecule has 1 unspecified atom stereocenters. The molecular formula is C14H20O. The van der Waals surface area contributed by atoms with E-state index in [0.717, 1.165) is 6.42 Å². The highest BCUT2D eigenvalue weighted by molar-refractivity contribution is 5.30. The molecule has 1 aromatic rings. The second kappa shape index (κ2) is 3.64. The van der Waals surface area contributed by atoms with Crippen molar-refractivity contribution in [2.45, 2.75) is 46.1 Å². The predicted molar refractivity (Wildman–Crippen MR) is 63.0 cm³/mol. The van der Waals surface area contributed by atoms with E-state index in [4.69, 9.17) is 0 Å². The first-order valence-corrected chi connectivity index (χ1v) is 5.77. The first-order valence-electron chi connectivity index (χ1n) is 5.77. The molecule has 1 aliphatic carbocycles. The van der Waals surface area contributed by atoms with E-state index in [2.05, 4.69) is 32.0 Å². The van der Waals surface area contributed by atoms with E-state index < -0.39 is 0 Å². The molecule has 0 saturated heterocycles. The Kier molecular flexibility index (Phi) is 2.59. The highest BCUT2D eigenvalue weighted by Crippen LogP contribution is 2.51. The Balaban J connectivity index is 2.17. The lowest BCUT2D eigenvalue weighted by Gasteiger charge is -2.19. The summed E-state index contributed by atoms with van der Waals surface area (Å²) in [7, 11) is 0. The van der Waals surface area contributed by atoms with E-state index in [1.807, 2.05) is 6.92 Å². The number of hydrogen-bond acceptors (Lipinski definition) is 1. The van der Waals surface area contributed by atoms with Crippen LogP contribution >= 0.6 is 0 Å². The van der Waals surface area contributed by atoms with Crippen LogP contribution in [-0.4, -0.2) is 11.2 Å². The standard InChI is InChI=1S/C14H20O/c1-10-6-11(2)8-13(7-10)9-14(4-5-14)12(3)15/h6-8,12,15H,4-5,9H2,1-3H3. The van der Waals surface area contributed by atoms with E-state index in [-0.39, 0.29) is 11.5 Å². The Morgan fingerprint density at radius 1 is 1.20 bits per heavy atom. The average molecular weight is 204 g/mol. The van der Waals surface area contributed by atoms with Crippen LogP contribution in [0.5, 0.6) is 0 Å². The summed E-state index contributed by atoms with van der Waals surface area (Å²) < 4.78 is 0. The molecule has 15 heavy (non-hydrogen) atoms. The molecule has 1 saturated carbocycles. The van der Waals surface area contributed by atoms with Gasteiger partial charge in [-0.3, -0.25) is 0 Å². The summed E-state index contributed by atoms with van der Waals surface area (Å²) in [5.74, 6) is 0. The molecule has 0 aromatic heterocycles. The molecule has 0 amide bonds. The fourth-order valence-corrected chi connectivity index (χ4v) is 2.48. The Hall–Kier alpha value is -0.820. The van der Waals surface area contributed by atoms with Crippen molar-refractivity contribution in [1.29, 1.82) is 0 Å². The Bertz CT molecular complexity index is 341. The van der Waals surface area contributed by atoms with Gasteiger partial charge in [0, 0.05) is 5.41 Å². The average Bonchev–Trinajstić information content (AvgIpc) is 2.83. The number of benzene rings is 1. The zero-order chi connectivity index (χ0) is 11.1. The molecule has 1 N–H and O–H groups in total. The van der Waals surface area contributed by atoms with E-state index in [9.17, 15) is 5.11 Å². The lowest BCUT2D eigenvalue weighted by molar-refractivity contribution is 0.110. The minimum absolute atomic E-state index is 0.168. The van der Waals surface area contributed by atoms with Crippen LogP contribution in [0.2, 0.25) is 0 Å². The molecule has 0 radical (unpaired) electrons. The van der Waals surface area contributed by atoms with E-state index >= 15 is 0 Å². The Labute approximate surface area is 92.1 Å². The van der Waals surface area contributed by atoms with Crippen molar-refractivity contribution >= 4 is 0 Å². The van der Waals surface area contributed by atoms with Crippen molar-refractivity contribution in [2.24, 2.45) is 5.41 Å². The van der Waals surface area contributed by atoms with Gasteiger partial charge in [0.1, 0.15) is 0 Å². The first-order chi connectivity index (χ1) is 7.02. The number of rotatable bonds is 3. The van der Waals surface area contributed by atoms with Crippen molar-refractivity contribution in [3.8, 4) is 0 Å². The van der Waals surface area contributed by atoms with Crippen LogP contribution in [0.3, 0.4) is 0 Å². The third-order valence-electron chi connectivity index (χ3n) is 3.62. The Morgan fingerprint density at radius 3 is 2.13 bits per heavy atom. The molecule has 1 fully saturated rings. The molecule has 1 aromatic carbocycles. The second-order valence-corrected chi connectivity index (χ2v) is 5.21. The van der Waals surface area contributed by atoms with Crippen LogP contribution < -0.4 is 0 Å². The maximum Gasteiger partial charge on any atom is 0.0571 e. The van der Waals surface area contributed by atoms with Crippen LogP contribution in [0.15, 0.2) is 18.2 Å². The minimum atomic E-state index is -0.168. The van der Waals surface area contributed by atoms with Crippen molar-refractivity contribution in [1.82, 2.24) is 0 Å². The van der Waals surface area contributed by atoms with Crippen LogP contribution in [0.4, 0.5) is 0 Å². The van der Waals surface area contributed by atoms with Crippen molar-refractivity contribution in [3.05, 3.63) is 34.9 Å². The monoisotopic (exact) mass is 204 g/mol. The van der Waals surface area contributed by atoms with Gasteiger partial charge in [-0.15, -0.1) is 0 Å². The molecule has 0 bridgehead atoms. The van der Waals surface area contributed by atoms with Gasteiger partial charge >= 0.3 is 0 Å². The summed E-state index contributed by atoms with van der Waals surface area (Å²) in [6, 6.07) is 6.69. The first kappa shape index (κ1) is 10.7. The summed E-state index contributed by atoms with van der Waals surface area (Å²) in [5.41, 5.74) is 4.23. The number of aliphatic hydroxyl groups excluding tert-OH is 1. The second-order valence-electron chi connectivity index (χ2n) is 5.21. The maximum atomic E-state index is 9.74. The molecule has 0 heterocycles. The van der Waals surface area contributed by atoms with Gasteiger partial charge in [-0.2, -0.15) is 0 Å². The topological polar surface area (TPSA) is 20.2 Å². The van der Waals surface area contributed by atoms with Gasteiger partial charge in [-0.05, 0) is 45.6 Å². The highest BCUT2D eigenvalue weighted by atomic mass is 16.3. The van der Waals surface area contributed by atoms with Gasteiger partial charge in [-0.1, -0.05) is 29.3 Å². The molecule has 1 nitrogen and oxygen atoms in total. The quantitative estimate of drug-likeness (QED) is 0.802. The summed E-state index contributed by atoms with van der Waals surface area (Å²) in [5, 5.41) is 9.74. The molecular weight excluding hydrogens is 184 g/mol. The molecule has 82 valence electrons. The van der Waals surface area contributed by atoms with Crippen molar-refractivity contribution < 1.29 is 5.11 Å². The third-order valence-corrected chi connectivity index (χ3v) is 3.62. The van der Waals surface area contributed by atoms with Gasteiger partial charge in [0.15, 0.2) is 0 Å². The highest BCUT2D eigenvalue weighted by Gasteiger charge is 2.46. The third kappa shape index (κ3) is 2.23. The maximum absolute atomic E-state index is 9.74. The number of aryl methyl sites for hydroxylation is 2. The molecule has 0 aliphatic heterocycles. The van der Waals surface area contributed by atoms with Gasteiger partial charge in [0.25, 0.3) is 0 Å². The fraction of sp³-hybridized carbons (Fsp3) is 0.571. The smallest absolute Gasteiger partial charge is 0.0571 e. The minimum Gasteiger partial charge on any atom is -0.393 e. The van der Waals surface area contributed by atoms with Gasteiger partial charge < -0.3 is 5.11 Å². The molecule has 1 heteroatoms. The van der Waals surface area contributed by atoms with Gasteiger partial charge in [-0.25, -0.2) is 0 Å². The molecule has 2 rings (SSSR count). The number of hydrogen-bond donors (Lipinski definition) is 1. The normalized spacial score (nSPS) is 20.0. The van der Waals surface area contributed by atoms with Gasteiger partial charge in [0.2, 0.25) is 0 Å². The molecule has 1 aliphatic rings. The predicted octanol–water partition coefficient (Wildman–Crippen LogP) is 3.01. The van der Waals surface area contributed by atoms with Crippen LogP contribution in [0.25, 0.3) is 0 Å². The molecule has 0 spiro atoms. The zero-order valence-corrected chi connectivity index (χ0v) is 9.88. The van der Waals surface area contributed by atoms with E-state index in [1.54, 1.807) is 0 Å². The van der Waals surface area contributed by atoms with Crippen LogP contribution in [-0.2, 0) is 6.42 Å². The lowest BCUT2D eigenvalue weighted by Crippen LogP contribution is -2.20. The summed E-state index contributed by atoms with van der Waals surface area (Å²) >= 11 is 0.